The van der Waals surface area contributed by atoms with Gasteiger partial charge in [0.25, 0.3) is 0 Å². The van der Waals surface area contributed by atoms with Crippen LogP contribution in [0.15, 0.2) is 24.4 Å². The summed E-state index contributed by atoms with van der Waals surface area (Å²) in [4.78, 5) is 9.13. The van der Waals surface area contributed by atoms with E-state index in [0.29, 0.717) is 6.04 Å². The van der Waals surface area contributed by atoms with Gasteiger partial charge in [-0.3, -0.25) is 4.90 Å². The summed E-state index contributed by atoms with van der Waals surface area (Å²) in [6.07, 6.45) is 1.85. The van der Waals surface area contributed by atoms with Crippen LogP contribution >= 0.6 is 0 Å². The van der Waals surface area contributed by atoms with Crippen LogP contribution in [-0.2, 0) is 0 Å². The zero-order valence-electron chi connectivity index (χ0n) is 9.94. The molecule has 1 aliphatic rings. The van der Waals surface area contributed by atoms with Gasteiger partial charge in [0.15, 0.2) is 0 Å². The van der Waals surface area contributed by atoms with E-state index < -0.39 is 0 Å². The Morgan fingerprint density at radius 1 is 1.40 bits per heavy atom. The summed E-state index contributed by atoms with van der Waals surface area (Å²) in [5.74, 6) is 1.07. The van der Waals surface area contributed by atoms with Crippen molar-refractivity contribution in [2.75, 3.05) is 18.6 Å². The summed E-state index contributed by atoms with van der Waals surface area (Å²) in [6, 6.07) is 6.56. The molecule has 15 heavy (non-hydrogen) atoms. The Labute approximate surface area is 91.7 Å². The van der Waals surface area contributed by atoms with E-state index in [0.717, 1.165) is 12.5 Å². The lowest BCUT2D eigenvalue weighted by Crippen LogP contribution is -2.43. The van der Waals surface area contributed by atoms with Gasteiger partial charge in [0.2, 0.25) is 0 Å². The first-order chi connectivity index (χ1) is 7.03. The van der Waals surface area contributed by atoms with Crippen LogP contribution in [0.2, 0.25) is 0 Å². The van der Waals surface area contributed by atoms with Crippen LogP contribution in [-0.4, -0.2) is 35.2 Å². The third kappa shape index (κ3) is 1.61. The van der Waals surface area contributed by atoms with Crippen LogP contribution in [0.4, 0.5) is 5.82 Å². The SMILES string of the molecule is CC1N(c2ccccn2)CN(C)C1(C)C. The zero-order valence-corrected chi connectivity index (χ0v) is 9.94. The van der Waals surface area contributed by atoms with Crippen molar-refractivity contribution in [2.24, 2.45) is 0 Å². The molecule has 1 unspecified atom stereocenters. The molecule has 2 heterocycles. The van der Waals surface area contributed by atoms with Crippen molar-refractivity contribution < 1.29 is 0 Å². The van der Waals surface area contributed by atoms with Crippen molar-refractivity contribution in [1.29, 1.82) is 0 Å². The van der Waals surface area contributed by atoms with Crippen LogP contribution in [0.1, 0.15) is 20.8 Å². The molecule has 0 spiro atoms. The monoisotopic (exact) mass is 205 g/mol. The maximum atomic E-state index is 4.41. The molecule has 0 amide bonds. The van der Waals surface area contributed by atoms with E-state index in [1.165, 1.54) is 0 Å². The third-order valence-corrected chi connectivity index (χ3v) is 3.78. The molecule has 3 heteroatoms. The molecule has 0 aromatic carbocycles. The average molecular weight is 205 g/mol. The standard InChI is InChI=1S/C12H19N3/c1-10-12(2,3)14(4)9-15(10)11-7-5-6-8-13-11/h5-8,10H,9H2,1-4H3. The summed E-state index contributed by atoms with van der Waals surface area (Å²) < 4.78 is 0. The van der Waals surface area contributed by atoms with Crippen LogP contribution in [0.5, 0.6) is 0 Å². The first-order valence-electron chi connectivity index (χ1n) is 5.42. The summed E-state index contributed by atoms with van der Waals surface area (Å²) >= 11 is 0. The van der Waals surface area contributed by atoms with Crippen molar-refractivity contribution in [2.45, 2.75) is 32.4 Å². The quantitative estimate of drug-likeness (QED) is 0.698. The summed E-state index contributed by atoms with van der Waals surface area (Å²) in [6.45, 7) is 7.77. The van der Waals surface area contributed by atoms with Gasteiger partial charge in [-0.05, 0) is 40.0 Å². The Hall–Kier alpha value is -1.09. The Balaban J connectivity index is 2.27. The van der Waals surface area contributed by atoms with Crippen LogP contribution < -0.4 is 4.90 Å². The highest BCUT2D eigenvalue weighted by atomic mass is 15.4. The molecular weight excluding hydrogens is 186 g/mol. The number of rotatable bonds is 1. The molecule has 2 rings (SSSR count). The van der Waals surface area contributed by atoms with Gasteiger partial charge in [0.1, 0.15) is 5.82 Å². The van der Waals surface area contributed by atoms with Crippen molar-refractivity contribution in [3.8, 4) is 0 Å². The maximum Gasteiger partial charge on any atom is 0.129 e. The van der Waals surface area contributed by atoms with Crippen molar-refractivity contribution >= 4 is 5.82 Å². The molecule has 1 fully saturated rings. The van der Waals surface area contributed by atoms with Gasteiger partial charge in [-0.15, -0.1) is 0 Å². The second-order valence-electron chi connectivity index (χ2n) is 4.83. The number of anilines is 1. The van der Waals surface area contributed by atoms with Crippen LogP contribution in [0, 0.1) is 0 Å². The second kappa shape index (κ2) is 3.49. The Kier molecular flexibility index (Phi) is 2.43. The Morgan fingerprint density at radius 2 is 2.13 bits per heavy atom. The molecule has 3 nitrogen and oxygen atoms in total. The van der Waals surface area contributed by atoms with E-state index in [1.807, 2.05) is 18.3 Å². The predicted molar refractivity (Wildman–Crippen MR) is 62.9 cm³/mol. The third-order valence-electron chi connectivity index (χ3n) is 3.78. The first-order valence-corrected chi connectivity index (χ1v) is 5.42. The van der Waals surface area contributed by atoms with E-state index in [-0.39, 0.29) is 5.54 Å². The second-order valence-corrected chi connectivity index (χ2v) is 4.83. The average Bonchev–Trinajstić information content (AvgIpc) is 2.44. The van der Waals surface area contributed by atoms with E-state index in [4.69, 9.17) is 0 Å². The van der Waals surface area contributed by atoms with Crippen molar-refractivity contribution in [3.63, 3.8) is 0 Å². The van der Waals surface area contributed by atoms with Gasteiger partial charge in [-0.25, -0.2) is 4.98 Å². The fraction of sp³-hybridized carbons (Fsp3) is 0.583. The lowest BCUT2D eigenvalue weighted by Gasteiger charge is -2.31. The van der Waals surface area contributed by atoms with Gasteiger partial charge in [0, 0.05) is 17.8 Å². The number of hydrogen-bond acceptors (Lipinski definition) is 3. The summed E-state index contributed by atoms with van der Waals surface area (Å²) in [5.41, 5.74) is 0.206. The molecular formula is C12H19N3. The molecule has 1 atom stereocenters. The van der Waals surface area contributed by atoms with Gasteiger partial charge in [0.05, 0.1) is 6.67 Å². The highest BCUT2D eigenvalue weighted by Crippen LogP contribution is 2.31. The topological polar surface area (TPSA) is 19.4 Å². The molecule has 0 aliphatic carbocycles. The fourth-order valence-corrected chi connectivity index (χ4v) is 2.03. The predicted octanol–water partition coefficient (Wildman–Crippen LogP) is 1.96. The molecule has 1 aliphatic heterocycles. The number of nitrogens with zero attached hydrogens (tertiary/aromatic N) is 3. The van der Waals surface area contributed by atoms with Gasteiger partial charge in [-0.2, -0.15) is 0 Å². The van der Waals surface area contributed by atoms with Gasteiger partial charge >= 0.3 is 0 Å². The van der Waals surface area contributed by atoms with Crippen molar-refractivity contribution in [3.05, 3.63) is 24.4 Å². The normalized spacial score (nSPS) is 25.9. The molecule has 0 bridgehead atoms. The van der Waals surface area contributed by atoms with E-state index in [9.17, 15) is 0 Å². The first kappa shape index (κ1) is 10.4. The number of hydrogen-bond donors (Lipinski definition) is 0. The van der Waals surface area contributed by atoms with E-state index >= 15 is 0 Å². The molecule has 0 radical (unpaired) electrons. The minimum Gasteiger partial charge on any atom is -0.339 e. The zero-order chi connectivity index (χ0) is 11.1. The van der Waals surface area contributed by atoms with Crippen molar-refractivity contribution in [1.82, 2.24) is 9.88 Å². The number of likely N-dealkylation sites (N-methyl/N-ethyl adjacent to an activating group) is 1. The Bertz CT molecular complexity index is 334. The number of aromatic nitrogens is 1. The molecule has 0 saturated carbocycles. The van der Waals surface area contributed by atoms with Crippen LogP contribution in [0.3, 0.4) is 0 Å². The highest BCUT2D eigenvalue weighted by molar-refractivity contribution is 5.41. The fourth-order valence-electron chi connectivity index (χ4n) is 2.03. The summed E-state index contributed by atoms with van der Waals surface area (Å²) in [7, 11) is 2.17. The van der Waals surface area contributed by atoms with Gasteiger partial charge < -0.3 is 4.90 Å². The molecule has 0 N–H and O–H groups in total. The maximum absolute atomic E-state index is 4.41. The highest BCUT2D eigenvalue weighted by Gasteiger charge is 2.41. The summed E-state index contributed by atoms with van der Waals surface area (Å²) in [5, 5.41) is 0. The van der Waals surface area contributed by atoms with Gasteiger partial charge in [-0.1, -0.05) is 6.07 Å². The largest absolute Gasteiger partial charge is 0.339 e. The smallest absolute Gasteiger partial charge is 0.129 e. The number of pyridine rings is 1. The Morgan fingerprint density at radius 3 is 2.60 bits per heavy atom. The molecule has 1 aromatic rings. The van der Waals surface area contributed by atoms with E-state index in [2.05, 4.69) is 48.7 Å². The molecule has 1 aromatic heterocycles. The lowest BCUT2D eigenvalue weighted by molar-refractivity contribution is 0.206. The minimum absolute atomic E-state index is 0.206. The molecule has 1 saturated heterocycles. The van der Waals surface area contributed by atoms with Crippen LogP contribution in [0.25, 0.3) is 0 Å². The van der Waals surface area contributed by atoms with E-state index in [1.54, 1.807) is 0 Å². The minimum atomic E-state index is 0.206. The molecule has 82 valence electrons. The lowest BCUT2D eigenvalue weighted by atomic mass is 9.96.